The van der Waals surface area contributed by atoms with Crippen LogP contribution < -0.4 is 5.73 Å². The molecule has 0 spiro atoms. The molecule has 0 aliphatic heterocycles. The molecule has 0 radical (unpaired) electrons. The van der Waals surface area contributed by atoms with Gasteiger partial charge in [0.1, 0.15) is 24.6 Å². The molecule has 2 rings (SSSR count). The van der Waals surface area contributed by atoms with Crippen molar-refractivity contribution in [1.82, 2.24) is 14.8 Å². The second-order valence-electron chi connectivity index (χ2n) is 3.74. The van der Waals surface area contributed by atoms with E-state index in [0.29, 0.717) is 5.57 Å². The molecule has 5 N–H and O–H groups in total. The van der Waals surface area contributed by atoms with Crippen molar-refractivity contribution in [2.24, 2.45) is 5.73 Å². The van der Waals surface area contributed by atoms with Crippen molar-refractivity contribution in [2.75, 3.05) is 6.61 Å². The molecule has 1 aromatic rings. The number of nitrogens with two attached hydrogens (primary N) is 1. The second kappa shape index (κ2) is 4.24. The highest BCUT2D eigenvalue weighted by molar-refractivity contribution is 5.88. The maximum atomic E-state index is 10.8. The number of aromatic nitrogens is 3. The summed E-state index contributed by atoms with van der Waals surface area (Å²) in [7, 11) is 0. The Bertz CT molecular complexity index is 469. The molecule has 0 aromatic carbocycles. The van der Waals surface area contributed by atoms with Crippen molar-refractivity contribution < 1.29 is 20.1 Å². The Morgan fingerprint density at radius 1 is 1.53 bits per heavy atom. The van der Waals surface area contributed by atoms with Crippen LogP contribution in [0.3, 0.4) is 0 Å². The molecule has 8 nitrogen and oxygen atoms in total. The minimum absolute atomic E-state index is 0.169. The number of primary amides is 1. The highest BCUT2D eigenvalue weighted by atomic mass is 16.3. The Labute approximate surface area is 96.0 Å². The molecular formula is C9H12N4O4. The van der Waals surface area contributed by atoms with Gasteiger partial charge < -0.3 is 21.1 Å². The summed E-state index contributed by atoms with van der Waals surface area (Å²) in [5.74, 6) is -0.944. The lowest BCUT2D eigenvalue weighted by molar-refractivity contribution is 0.0255. The lowest BCUT2D eigenvalue weighted by Gasteiger charge is -2.16. The Kier molecular flexibility index (Phi) is 2.92. The van der Waals surface area contributed by atoms with Crippen LogP contribution in [-0.4, -0.2) is 54.8 Å². The van der Waals surface area contributed by atoms with E-state index in [1.54, 1.807) is 0 Å². The van der Waals surface area contributed by atoms with E-state index < -0.39 is 24.2 Å². The van der Waals surface area contributed by atoms with Gasteiger partial charge in [0.05, 0.1) is 6.61 Å². The largest absolute Gasteiger partial charge is 0.392 e. The Morgan fingerprint density at radius 2 is 2.24 bits per heavy atom. The third-order valence-corrected chi connectivity index (χ3v) is 2.66. The number of aliphatic hydroxyl groups is 3. The Hall–Kier alpha value is -1.77. The molecule has 17 heavy (non-hydrogen) atoms. The number of carbonyl (C=O) groups excluding carboxylic acids is 1. The van der Waals surface area contributed by atoms with E-state index in [1.807, 2.05) is 0 Å². The number of hydrogen-bond acceptors (Lipinski definition) is 6. The van der Waals surface area contributed by atoms with Crippen molar-refractivity contribution in [3.63, 3.8) is 0 Å². The van der Waals surface area contributed by atoms with E-state index in [-0.39, 0.29) is 12.4 Å². The lowest BCUT2D eigenvalue weighted by Crippen LogP contribution is -2.30. The summed E-state index contributed by atoms with van der Waals surface area (Å²) in [4.78, 5) is 14.5. The molecular weight excluding hydrogens is 228 g/mol. The van der Waals surface area contributed by atoms with Crippen LogP contribution in [0.25, 0.3) is 0 Å². The number of amides is 1. The molecule has 8 heteroatoms. The first-order valence-corrected chi connectivity index (χ1v) is 4.93. The van der Waals surface area contributed by atoms with E-state index in [1.165, 1.54) is 17.1 Å². The number of carbonyl (C=O) groups is 1. The van der Waals surface area contributed by atoms with Crippen molar-refractivity contribution in [1.29, 1.82) is 0 Å². The molecule has 1 heterocycles. The van der Waals surface area contributed by atoms with E-state index in [9.17, 15) is 15.0 Å². The average molecular weight is 240 g/mol. The zero-order chi connectivity index (χ0) is 12.6. The smallest absolute Gasteiger partial charge is 0.288 e. The number of aliphatic hydroxyl groups excluding tert-OH is 3. The van der Waals surface area contributed by atoms with Crippen LogP contribution in [0.4, 0.5) is 0 Å². The second-order valence-corrected chi connectivity index (χ2v) is 3.74. The van der Waals surface area contributed by atoms with Gasteiger partial charge in [0.15, 0.2) is 0 Å². The number of nitrogens with zero attached hydrogens (tertiary/aromatic N) is 3. The third-order valence-electron chi connectivity index (χ3n) is 2.66. The van der Waals surface area contributed by atoms with Gasteiger partial charge in [-0.2, -0.15) is 0 Å². The molecule has 1 aromatic heterocycles. The van der Waals surface area contributed by atoms with Crippen molar-refractivity contribution in [3.8, 4) is 0 Å². The van der Waals surface area contributed by atoms with Gasteiger partial charge in [-0.1, -0.05) is 6.08 Å². The van der Waals surface area contributed by atoms with E-state index >= 15 is 0 Å². The summed E-state index contributed by atoms with van der Waals surface area (Å²) in [5.41, 5.74) is 5.30. The van der Waals surface area contributed by atoms with Crippen LogP contribution in [0.5, 0.6) is 0 Å². The van der Waals surface area contributed by atoms with Crippen molar-refractivity contribution in [3.05, 3.63) is 23.8 Å². The average Bonchev–Trinajstić information content (AvgIpc) is 2.87. The normalized spacial score (nSPS) is 28.2. The van der Waals surface area contributed by atoms with Crippen LogP contribution in [-0.2, 0) is 0 Å². The highest BCUT2D eigenvalue weighted by Gasteiger charge is 2.36. The van der Waals surface area contributed by atoms with E-state index in [0.717, 1.165) is 0 Å². The summed E-state index contributed by atoms with van der Waals surface area (Å²) in [6, 6.07) is -0.673. The monoisotopic (exact) mass is 240 g/mol. The molecule has 3 atom stereocenters. The number of hydrogen-bond donors (Lipinski definition) is 4. The molecule has 0 bridgehead atoms. The van der Waals surface area contributed by atoms with Crippen LogP contribution in [0.1, 0.15) is 16.7 Å². The molecule has 0 saturated carbocycles. The van der Waals surface area contributed by atoms with Gasteiger partial charge >= 0.3 is 0 Å². The van der Waals surface area contributed by atoms with Gasteiger partial charge in [0.25, 0.3) is 5.91 Å². The van der Waals surface area contributed by atoms with Crippen LogP contribution >= 0.6 is 0 Å². The first kappa shape index (κ1) is 11.7. The number of rotatable bonds is 3. The fourth-order valence-corrected chi connectivity index (χ4v) is 1.73. The van der Waals surface area contributed by atoms with Gasteiger partial charge in [-0.15, -0.1) is 5.10 Å². The predicted octanol–water partition coefficient (Wildman–Crippen LogP) is -2.43. The first-order chi connectivity index (χ1) is 8.04. The van der Waals surface area contributed by atoms with Crippen LogP contribution in [0, 0.1) is 0 Å². The fraction of sp³-hybridized carbons (Fsp3) is 0.444. The standard InChI is InChI=1S/C9H12N4O4/c10-8(17)9-11-3-13(12-9)5-1-4(2-14)6(15)7(5)16/h1,3,5-7,14-16H,2H2,(H2,10,17)/t5-,6-,7+/m1/s1. The quantitative estimate of drug-likeness (QED) is 0.434. The summed E-state index contributed by atoms with van der Waals surface area (Å²) in [6.07, 6.45) is 0.428. The highest BCUT2D eigenvalue weighted by Crippen LogP contribution is 2.28. The zero-order valence-electron chi connectivity index (χ0n) is 8.76. The van der Waals surface area contributed by atoms with Gasteiger partial charge in [-0.05, 0) is 5.57 Å². The molecule has 0 unspecified atom stereocenters. The summed E-state index contributed by atoms with van der Waals surface area (Å²) >= 11 is 0. The summed E-state index contributed by atoms with van der Waals surface area (Å²) in [6.45, 7) is -0.355. The molecule has 0 saturated heterocycles. The van der Waals surface area contributed by atoms with Crippen molar-refractivity contribution >= 4 is 5.91 Å². The molecule has 1 amide bonds. The van der Waals surface area contributed by atoms with E-state index in [4.69, 9.17) is 10.8 Å². The molecule has 0 fully saturated rings. The topological polar surface area (TPSA) is 134 Å². The van der Waals surface area contributed by atoms with Gasteiger partial charge in [-0.25, -0.2) is 9.67 Å². The Balaban J connectivity index is 2.28. The summed E-state index contributed by atoms with van der Waals surface area (Å²) < 4.78 is 1.22. The first-order valence-electron chi connectivity index (χ1n) is 4.93. The van der Waals surface area contributed by atoms with Crippen molar-refractivity contribution in [2.45, 2.75) is 18.2 Å². The van der Waals surface area contributed by atoms with Gasteiger partial charge in [0.2, 0.25) is 5.82 Å². The predicted molar refractivity (Wildman–Crippen MR) is 54.8 cm³/mol. The zero-order valence-corrected chi connectivity index (χ0v) is 8.76. The van der Waals surface area contributed by atoms with Gasteiger partial charge in [-0.3, -0.25) is 4.79 Å². The molecule has 1 aliphatic carbocycles. The fourth-order valence-electron chi connectivity index (χ4n) is 1.73. The molecule has 92 valence electrons. The molecule has 1 aliphatic rings. The minimum Gasteiger partial charge on any atom is -0.392 e. The minimum atomic E-state index is -1.15. The van der Waals surface area contributed by atoms with E-state index in [2.05, 4.69) is 10.1 Å². The lowest BCUT2D eigenvalue weighted by atomic mass is 10.1. The Morgan fingerprint density at radius 3 is 2.71 bits per heavy atom. The maximum absolute atomic E-state index is 10.8. The third kappa shape index (κ3) is 1.93. The summed E-state index contributed by atoms with van der Waals surface area (Å²) in [5, 5.41) is 32.0. The SMILES string of the molecule is NC(=O)c1ncn([C@@H]2C=C(CO)[C@@H](O)[C@H]2O)n1. The van der Waals surface area contributed by atoms with Crippen LogP contribution in [0.15, 0.2) is 18.0 Å². The maximum Gasteiger partial charge on any atom is 0.288 e. The van der Waals surface area contributed by atoms with Gasteiger partial charge in [0, 0.05) is 0 Å². The van der Waals surface area contributed by atoms with Crippen LogP contribution in [0.2, 0.25) is 0 Å².